The van der Waals surface area contributed by atoms with Gasteiger partial charge in [-0.2, -0.15) is 0 Å². The third-order valence-electron chi connectivity index (χ3n) is 6.17. The lowest BCUT2D eigenvalue weighted by molar-refractivity contribution is -0.384. The van der Waals surface area contributed by atoms with Gasteiger partial charge in [-0.05, 0) is 39.2 Å². The number of rotatable bonds is 13. The summed E-state index contributed by atoms with van der Waals surface area (Å²) >= 11 is 0. The summed E-state index contributed by atoms with van der Waals surface area (Å²) in [6.07, 6.45) is 5.33. The fourth-order valence-corrected chi connectivity index (χ4v) is 4.07. The molecule has 3 rings (SSSR count). The van der Waals surface area contributed by atoms with Crippen LogP contribution >= 0.6 is 0 Å². The lowest BCUT2D eigenvalue weighted by Crippen LogP contribution is -2.32. The molecule has 0 saturated carbocycles. The van der Waals surface area contributed by atoms with Crippen LogP contribution in [0.25, 0.3) is 0 Å². The minimum absolute atomic E-state index is 0.0854. The first-order chi connectivity index (χ1) is 19.3. The van der Waals surface area contributed by atoms with Gasteiger partial charge in [0.1, 0.15) is 17.1 Å². The molecule has 0 bridgehead atoms. The Bertz CT molecular complexity index is 1450. The number of carbonyl (C=O) groups is 4. The Kier molecular flexibility index (Phi) is 10.0. The van der Waals surface area contributed by atoms with Gasteiger partial charge in [0.05, 0.1) is 22.5 Å². The highest BCUT2D eigenvalue weighted by molar-refractivity contribution is 6.07. The van der Waals surface area contributed by atoms with E-state index in [2.05, 4.69) is 21.3 Å². The molecule has 0 unspecified atom stereocenters. The summed E-state index contributed by atoms with van der Waals surface area (Å²) in [5.41, 5.74) is 1.10. The maximum Gasteiger partial charge on any atom is 0.287 e. The second kappa shape index (κ2) is 13.4. The van der Waals surface area contributed by atoms with E-state index in [-0.39, 0.29) is 35.9 Å². The Hall–Kier alpha value is -4.92. The molecule has 3 heterocycles. The SMILES string of the molecule is CN(C)CCCNC(=O)CCNC(=O)c1cc(NC(=O)c2cc(NC(=O)c3cc([N+](=O)[O-])cn3C)cn2C)cn1C. The number of anilines is 2. The highest BCUT2D eigenvalue weighted by Gasteiger charge is 2.20. The van der Waals surface area contributed by atoms with Crippen LogP contribution < -0.4 is 21.3 Å². The highest BCUT2D eigenvalue weighted by Crippen LogP contribution is 2.20. The first kappa shape index (κ1) is 30.6. The van der Waals surface area contributed by atoms with Crippen LogP contribution in [0.15, 0.2) is 36.8 Å². The van der Waals surface area contributed by atoms with Gasteiger partial charge >= 0.3 is 0 Å². The van der Waals surface area contributed by atoms with Gasteiger partial charge < -0.3 is 39.9 Å². The van der Waals surface area contributed by atoms with Crippen molar-refractivity contribution in [2.24, 2.45) is 21.1 Å². The van der Waals surface area contributed by atoms with E-state index in [4.69, 9.17) is 0 Å². The van der Waals surface area contributed by atoms with Crippen molar-refractivity contribution in [3.63, 3.8) is 0 Å². The number of nitrogens with zero attached hydrogens (tertiary/aromatic N) is 5. The molecule has 0 aliphatic carbocycles. The molecule has 0 aliphatic rings. The lowest BCUT2D eigenvalue weighted by Gasteiger charge is -2.10. The zero-order valence-electron chi connectivity index (χ0n) is 23.7. The summed E-state index contributed by atoms with van der Waals surface area (Å²) in [5.74, 6) is -1.59. The molecule has 0 fully saturated rings. The van der Waals surface area contributed by atoms with Gasteiger partial charge in [0.25, 0.3) is 23.4 Å². The van der Waals surface area contributed by atoms with Crippen molar-refractivity contribution in [1.29, 1.82) is 0 Å². The molecule has 0 atom stereocenters. The Morgan fingerprint density at radius 3 is 1.80 bits per heavy atom. The normalized spacial score (nSPS) is 10.9. The molecule has 0 radical (unpaired) electrons. The molecule has 3 aromatic heterocycles. The molecule has 3 aromatic rings. The second-order valence-corrected chi connectivity index (χ2v) is 9.82. The molecule has 220 valence electrons. The number of aryl methyl sites for hydroxylation is 3. The summed E-state index contributed by atoms with van der Waals surface area (Å²) in [7, 11) is 8.73. The monoisotopic (exact) mass is 569 g/mol. The number of nitrogens with one attached hydrogen (secondary N) is 4. The van der Waals surface area contributed by atoms with Crippen molar-refractivity contribution in [2.75, 3.05) is 44.4 Å². The van der Waals surface area contributed by atoms with Crippen molar-refractivity contribution in [3.8, 4) is 0 Å². The third-order valence-corrected chi connectivity index (χ3v) is 6.17. The van der Waals surface area contributed by atoms with Gasteiger partial charge in [-0.3, -0.25) is 29.3 Å². The third kappa shape index (κ3) is 8.28. The summed E-state index contributed by atoms with van der Waals surface area (Å²) < 4.78 is 4.41. The van der Waals surface area contributed by atoms with Crippen molar-refractivity contribution < 1.29 is 24.1 Å². The van der Waals surface area contributed by atoms with Gasteiger partial charge in [-0.25, -0.2) is 0 Å². The van der Waals surface area contributed by atoms with E-state index in [9.17, 15) is 29.3 Å². The van der Waals surface area contributed by atoms with E-state index in [1.165, 1.54) is 40.7 Å². The summed E-state index contributed by atoms with van der Waals surface area (Å²) in [4.78, 5) is 62.6. The maximum atomic E-state index is 12.9. The zero-order chi connectivity index (χ0) is 30.3. The molecule has 4 N–H and O–H groups in total. The smallest absolute Gasteiger partial charge is 0.287 e. The summed E-state index contributed by atoms with van der Waals surface area (Å²) in [5, 5.41) is 21.9. The van der Waals surface area contributed by atoms with Crippen molar-refractivity contribution >= 4 is 40.7 Å². The number of hydrogen-bond acceptors (Lipinski definition) is 7. The fraction of sp³-hybridized carbons (Fsp3) is 0.385. The van der Waals surface area contributed by atoms with E-state index in [0.717, 1.165) is 19.0 Å². The van der Waals surface area contributed by atoms with Gasteiger partial charge in [0.15, 0.2) is 0 Å². The molecular formula is C26H35N9O6. The summed E-state index contributed by atoms with van der Waals surface area (Å²) in [6, 6.07) is 4.15. The minimum Gasteiger partial charge on any atom is -0.356 e. The van der Waals surface area contributed by atoms with Crippen LogP contribution in [0.3, 0.4) is 0 Å². The molecule has 4 amide bonds. The average molecular weight is 570 g/mol. The topological polar surface area (TPSA) is 178 Å². The average Bonchev–Trinajstić information content (AvgIpc) is 3.57. The number of nitro groups is 1. The second-order valence-electron chi connectivity index (χ2n) is 9.82. The minimum atomic E-state index is -0.589. The Morgan fingerprint density at radius 1 is 0.780 bits per heavy atom. The van der Waals surface area contributed by atoms with Crippen LogP contribution in [0.1, 0.15) is 44.3 Å². The molecule has 15 nitrogen and oxygen atoms in total. The van der Waals surface area contributed by atoms with Gasteiger partial charge in [-0.1, -0.05) is 0 Å². The highest BCUT2D eigenvalue weighted by atomic mass is 16.6. The predicted octanol–water partition coefficient (Wildman–Crippen LogP) is 1.30. The van der Waals surface area contributed by atoms with E-state index in [1.807, 2.05) is 19.0 Å². The van der Waals surface area contributed by atoms with E-state index in [0.29, 0.717) is 23.6 Å². The van der Waals surface area contributed by atoms with Crippen LogP contribution in [0.4, 0.5) is 17.1 Å². The number of hydrogen-bond donors (Lipinski definition) is 4. The van der Waals surface area contributed by atoms with Gasteiger partial charge in [0.2, 0.25) is 5.91 Å². The molecule has 0 aromatic carbocycles. The zero-order valence-corrected chi connectivity index (χ0v) is 23.7. The number of carbonyl (C=O) groups excluding carboxylic acids is 4. The quantitative estimate of drug-likeness (QED) is 0.136. The Morgan fingerprint density at radius 2 is 1.29 bits per heavy atom. The largest absolute Gasteiger partial charge is 0.356 e. The molecule has 0 aliphatic heterocycles. The van der Waals surface area contributed by atoms with Crippen molar-refractivity contribution in [1.82, 2.24) is 29.2 Å². The summed E-state index contributed by atoms with van der Waals surface area (Å²) in [6.45, 7) is 1.60. The molecule has 15 heteroatoms. The van der Waals surface area contributed by atoms with Crippen LogP contribution in [-0.4, -0.2) is 80.9 Å². The standard InChI is InChI=1S/C26H35N9O6/c1-31(2)10-6-8-27-23(36)7-9-28-24(37)20-11-17(14-32(20)3)29-25(38)21-12-18(15-33(21)4)30-26(39)22-13-19(35(40)41)16-34(22)5/h11-16H,6-10H2,1-5H3,(H,27,36)(H,28,37)(H,29,38)(H,30,39). The first-order valence-electron chi connectivity index (χ1n) is 12.8. The van der Waals surface area contributed by atoms with Crippen LogP contribution in [0.2, 0.25) is 0 Å². The van der Waals surface area contributed by atoms with Crippen molar-refractivity contribution in [2.45, 2.75) is 12.8 Å². The fourth-order valence-electron chi connectivity index (χ4n) is 4.07. The molecule has 41 heavy (non-hydrogen) atoms. The first-order valence-corrected chi connectivity index (χ1v) is 12.8. The molecule has 0 spiro atoms. The predicted molar refractivity (Wildman–Crippen MR) is 152 cm³/mol. The van der Waals surface area contributed by atoms with Gasteiger partial charge in [-0.15, -0.1) is 0 Å². The van der Waals surface area contributed by atoms with Crippen molar-refractivity contribution in [3.05, 3.63) is 64.0 Å². The van der Waals surface area contributed by atoms with E-state index in [1.54, 1.807) is 24.9 Å². The van der Waals surface area contributed by atoms with Crippen LogP contribution in [0, 0.1) is 10.1 Å². The van der Waals surface area contributed by atoms with E-state index >= 15 is 0 Å². The lowest BCUT2D eigenvalue weighted by atomic mass is 10.3. The number of amides is 4. The van der Waals surface area contributed by atoms with Crippen LogP contribution in [-0.2, 0) is 25.9 Å². The Labute approximate surface area is 236 Å². The van der Waals surface area contributed by atoms with Gasteiger partial charge in [0, 0.05) is 59.1 Å². The number of aromatic nitrogens is 3. The maximum absolute atomic E-state index is 12.9. The molecule has 0 saturated heterocycles. The Balaban J connectivity index is 1.54. The molecular weight excluding hydrogens is 534 g/mol. The van der Waals surface area contributed by atoms with E-state index < -0.39 is 22.6 Å². The van der Waals surface area contributed by atoms with Crippen LogP contribution in [0.5, 0.6) is 0 Å².